The third-order valence-electron chi connectivity index (χ3n) is 0.828. The van der Waals surface area contributed by atoms with Crippen LogP contribution in [0.5, 0.6) is 0 Å². The molecule has 0 spiro atoms. The Morgan fingerprint density at radius 2 is 2.20 bits per heavy atom. The largest absolute Gasteiger partial charge is 0.477 e. The van der Waals surface area contributed by atoms with Crippen molar-refractivity contribution in [2.45, 2.75) is 13.8 Å². The fraction of sp³-hybridized carbons (Fsp3) is 0.286. The van der Waals surface area contributed by atoms with Gasteiger partial charge in [0.2, 0.25) is 0 Å². The molecule has 1 aromatic rings. The van der Waals surface area contributed by atoms with Crippen molar-refractivity contribution in [1.82, 2.24) is 4.98 Å². The van der Waals surface area contributed by atoms with E-state index in [-0.39, 0.29) is 5.69 Å². The zero-order valence-electron chi connectivity index (χ0n) is 6.09. The molecule has 0 saturated carbocycles. The molecule has 1 aromatic heterocycles. The lowest BCUT2D eigenvalue weighted by atomic mass is 10.4. The Bertz CT molecular complexity index is 179. The van der Waals surface area contributed by atoms with Crippen LogP contribution in [0.4, 0.5) is 0 Å². The molecular weight excluding hydrogens is 130 g/mol. The topological polar surface area (TPSA) is 53.1 Å². The molecule has 1 rings (SSSR count). The van der Waals surface area contributed by atoms with Gasteiger partial charge in [0.1, 0.15) is 5.69 Å². The number of hydrogen-bond donors (Lipinski definition) is 2. The second-order valence-corrected chi connectivity index (χ2v) is 1.39. The van der Waals surface area contributed by atoms with E-state index in [1.54, 1.807) is 12.3 Å². The summed E-state index contributed by atoms with van der Waals surface area (Å²) >= 11 is 0. The number of aromatic nitrogens is 1. The van der Waals surface area contributed by atoms with E-state index in [1.165, 1.54) is 6.07 Å². The molecule has 0 fully saturated rings. The van der Waals surface area contributed by atoms with Crippen LogP contribution in [-0.2, 0) is 0 Å². The van der Waals surface area contributed by atoms with E-state index in [1.807, 2.05) is 13.8 Å². The molecule has 0 amide bonds. The van der Waals surface area contributed by atoms with E-state index in [4.69, 9.17) is 5.11 Å². The molecule has 0 saturated heterocycles. The number of nitrogens with one attached hydrogen (secondary N) is 1. The van der Waals surface area contributed by atoms with Gasteiger partial charge in [0.25, 0.3) is 0 Å². The molecule has 3 heteroatoms. The second-order valence-electron chi connectivity index (χ2n) is 1.39. The maximum Gasteiger partial charge on any atom is 0.352 e. The van der Waals surface area contributed by atoms with Gasteiger partial charge < -0.3 is 10.1 Å². The highest BCUT2D eigenvalue weighted by Gasteiger charge is 1.98. The number of aromatic carboxylic acids is 1. The Labute approximate surface area is 59.7 Å². The van der Waals surface area contributed by atoms with Gasteiger partial charge >= 0.3 is 5.97 Å². The van der Waals surface area contributed by atoms with Crippen LogP contribution in [0.3, 0.4) is 0 Å². The quantitative estimate of drug-likeness (QED) is 0.625. The first-order valence-corrected chi connectivity index (χ1v) is 3.17. The van der Waals surface area contributed by atoms with Crippen LogP contribution in [0.15, 0.2) is 18.3 Å². The van der Waals surface area contributed by atoms with Crippen molar-refractivity contribution < 1.29 is 9.90 Å². The first-order valence-electron chi connectivity index (χ1n) is 3.17. The summed E-state index contributed by atoms with van der Waals surface area (Å²) in [4.78, 5) is 12.6. The van der Waals surface area contributed by atoms with E-state index in [0.717, 1.165) is 0 Å². The monoisotopic (exact) mass is 141 g/mol. The molecule has 0 aliphatic heterocycles. The van der Waals surface area contributed by atoms with Gasteiger partial charge in [-0.25, -0.2) is 4.79 Å². The molecule has 0 radical (unpaired) electrons. The summed E-state index contributed by atoms with van der Waals surface area (Å²) in [6, 6.07) is 3.14. The van der Waals surface area contributed by atoms with Gasteiger partial charge in [-0.2, -0.15) is 0 Å². The van der Waals surface area contributed by atoms with Gasteiger partial charge in [-0.15, -0.1) is 0 Å². The number of carboxylic acids is 1. The summed E-state index contributed by atoms with van der Waals surface area (Å²) in [6.07, 6.45) is 1.57. The number of carboxylic acid groups (broad SMARTS) is 1. The molecule has 56 valence electrons. The Kier molecular flexibility index (Phi) is 4.04. The van der Waals surface area contributed by atoms with Crippen molar-refractivity contribution in [3.63, 3.8) is 0 Å². The molecule has 1 heterocycles. The third-order valence-corrected chi connectivity index (χ3v) is 0.828. The molecule has 3 nitrogen and oxygen atoms in total. The average Bonchev–Trinajstić information content (AvgIpc) is 2.42. The Morgan fingerprint density at radius 1 is 1.60 bits per heavy atom. The molecule has 0 bridgehead atoms. The van der Waals surface area contributed by atoms with Gasteiger partial charge in [0, 0.05) is 6.20 Å². The molecule has 10 heavy (non-hydrogen) atoms. The van der Waals surface area contributed by atoms with Gasteiger partial charge in [0.15, 0.2) is 0 Å². The number of rotatable bonds is 1. The maximum absolute atomic E-state index is 10.0. The minimum Gasteiger partial charge on any atom is -0.477 e. The summed E-state index contributed by atoms with van der Waals surface area (Å²) in [5.41, 5.74) is 0.227. The molecule has 0 aliphatic rings. The maximum atomic E-state index is 10.0. The second kappa shape index (κ2) is 4.61. The Hall–Kier alpha value is -1.25. The molecule has 2 N–H and O–H groups in total. The zero-order chi connectivity index (χ0) is 7.98. The first-order chi connectivity index (χ1) is 4.80. The highest BCUT2D eigenvalue weighted by molar-refractivity contribution is 5.85. The fourth-order valence-electron chi connectivity index (χ4n) is 0.463. The van der Waals surface area contributed by atoms with Gasteiger partial charge in [-0.3, -0.25) is 0 Å². The first kappa shape index (κ1) is 8.75. The molecule has 0 aliphatic carbocycles. The van der Waals surface area contributed by atoms with Crippen molar-refractivity contribution >= 4 is 5.97 Å². The Balaban J connectivity index is 0.000000371. The lowest BCUT2D eigenvalue weighted by Crippen LogP contribution is -1.94. The summed E-state index contributed by atoms with van der Waals surface area (Å²) in [6.45, 7) is 4.00. The van der Waals surface area contributed by atoms with E-state index in [9.17, 15) is 4.79 Å². The van der Waals surface area contributed by atoms with Crippen LogP contribution in [0.1, 0.15) is 24.3 Å². The van der Waals surface area contributed by atoms with E-state index >= 15 is 0 Å². The SMILES string of the molecule is CC.O=C(O)c1ccc[nH]1. The standard InChI is InChI=1S/C5H5NO2.C2H6/c7-5(8)4-2-1-3-6-4;1-2/h1-3,6H,(H,7,8);1-2H3. The summed E-state index contributed by atoms with van der Waals surface area (Å²) in [5, 5.41) is 8.24. The molecule has 0 atom stereocenters. The number of aromatic amines is 1. The Morgan fingerprint density at radius 3 is 2.40 bits per heavy atom. The van der Waals surface area contributed by atoms with E-state index < -0.39 is 5.97 Å². The van der Waals surface area contributed by atoms with E-state index in [0.29, 0.717) is 0 Å². The minimum absolute atomic E-state index is 0.227. The highest BCUT2D eigenvalue weighted by atomic mass is 16.4. The van der Waals surface area contributed by atoms with E-state index in [2.05, 4.69) is 4.98 Å². The van der Waals surface area contributed by atoms with Crippen LogP contribution in [0.2, 0.25) is 0 Å². The fourth-order valence-corrected chi connectivity index (χ4v) is 0.463. The third kappa shape index (κ3) is 2.35. The predicted octanol–water partition coefficient (Wildman–Crippen LogP) is 1.74. The van der Waals surface area contributed by atoms with Crippen molar-refractivity contribution in [2.75, 3.05) is 0 Å². The summed E-state index contributed by atoms with van der Waals surface area (Å²) in [7, 11) is 0. The van der Waals surface area contributed by atoms with Gasteiger partial charge in [-0.1, -0.05) is 13.8 Å². The van der Waals surface area contributed by atoms with Crippen LogP contribution in [0, 0.1) is 0 Å². The predicted molar refractivity (Wildman–Crippen MR) is 39.1 cm³/mol. The lowest BCUT2D eigenvalue weighted by Gasteiger charge is -1.80. The lowest BCUT2D eigenvalue weighted by molar-refractivity contribution is 0.0691. The van der Waals surface area contributed by atoms with Crippen LogP contribution < -0.4 is 0 Å². The minimum atomic E-state index is -0.921. The van der Waals surface area contributed by atoms with Crippen molar-refractivity contribution in [2.24, 2.45) is 0 Å². The van der Waals surface area contributed by atoms with Crippen molar-refractivity contribution in [1.29, 1.82) is 0 Å². The normalized spacial score (nSPS) is 7.80. The number of H-pyrrole nitrogens is 1. The van der Waals surface area contributed by atoms with Crippen LogP contribution >= 0.6 is 0 Å². The molecule has 0 unspecified atom stereocenters. The number of carbonyl (C=O) groups is 1. The summed E-state index contributed by atoms with van der Waals surface area (Å²) < 4.78 is 0. The van der Waals surface area contributed by atoms with Crippen LogP contribution in [0.25, 0.3) is 0 Å². The molecular formula is C7H11NO2. The van der Waals surface area contributed by atoms with Gasteiger partial charge in [0.05, 0.1) is 0 Å². The highest BCUT2D eigenvalue weighted by Crippen LogP contribution is 1.91. The number of hydrogen-bond acceptors (Lipinski definition) is 1. The van der Waals surface area contributed by atoms with Gasteiger partial charge in [-0.05, 0) is 12.1 Å². The smallest absolute Gasteiger partial charge is 0.352 e. The summed E-state index contributed by atoms with van der Waals surface area (Å²) in [5.74, 6) is -0.921. The van der Waals surface area contributed by atoms with Crippen molar-refractivity contribution in [3.05, 3.63) is 24.0 Å². The van der Waals surface area contributed by atoms with Crippen molar-refractivity contribution in [3.8, 4) is 0 Å². The zero-order valence-corrected chi connectivity index (χ0v) is 6.09. The average molecular weight is 141 g/mol. The molecule has 0 aromatic carbocycles. The van der Waals surface area contributed by atoms with Crippen LogP contribution in [-0.4, -0.2) is 16.1 Å².